The molecule has 0 aliphatic carbocycles. The molecule has 0 amide bonds. The van der Waals surface area contributed by atoms with E-state index in [-0.39, 0.29) is 11.0 Å². The minimum absolute atomic E-state index is 0.158. The monoisotopic (exact) mass is 246 g/mol. The highest BCUT2D eigenvalue weighted by molar-refractivity contribution is 8.00. The van der Waals surface area contributed by atoms with E-state index < -0.39 is 0 Å². The van der Waals surface area contributed by atoms with E-state index in [9.17, 15) is 4.79 Å². The number of carbonyl (C=O) groups excluding carboxylic acids is 1. The highest BCUT2D eigenvalue weighted by Gasteiger charge is 2.27. The largest absolute Gasteiger partial charge is 0.292 e. The van der Waals surface area contributed by atoms with Gasteiger partial charge in [0.25, 0.3) is 0 Å². The summed E-state index contributed by atoms with van der Waals surface area (Å²) in [6.45, 7) is 1.94. The quantitative estimate of drug-likeness (QED) is 0.739. The molecular weight excluding hydrogens is 236 g/mol. The van der Waals surface area contributed by atoms with Crippen molar-refractivity contribution < 1.29 is 4.79 Å². The van der Waals surface area contributed by atoms with E-state index in [2.05, 4.69) is 0 Å². The van der Waals surface area contributed by atoms with Crippen molar-refractivity contribution in [1.29, 1.82) is 0 Å². The van der Waals surface area contributed by atoms with Crippen LogP contribution in [0.25, 0.3) is 0 Å². The second-order valence-electron chi connectivity index (χ2n) is 3.43. The van der Waals surface area contributed by atoms with Gasteiger partial charge in [0.05, 0.1) is 15.1 Å². The molecule has 14 heavy (non-hydrogen) atoms. The van der Waals surface area contributed by atoms with Crippen LogP contribution in [0, 0.1) is 6.92 Å². The standard InChI is InChI=1S/C10H11ClOS2/c1-6-5-14-10(8(6)11)9(12)7-3-2-4-13-7/h5,7H,2-4H2,1H3. The smallest absolute Gasteiger partial charge is 0.187 e. The maximum Gasteiger partial charge on any atom is 0.187 e. The molecule has 1 unspecified atom stereocenters. The summed E-state index contributed by atoms with van der Waals surface area (Å²) in [5, 5.41) is 2.77. The zero-order valence-electron chi connectivity index (χ0n) is 7.88. The summed E-state index contributed by atoms with van der Waals surface area (Å²) in [6, 6.07) is 0. The number of aryl methyl sites for hydroxylation is 1. The van der Waals surface area contributed by atoms with E-state index in [0.29, 0.717) is 5.02 Å². The van der Waals surface area contributed by atoms with Gasteiger partial charge in [-0.05, 0) is 36.5 Å². The Labute approximate surface area is 96.8 Å². The number of thiophene rings is 1. The van der Waals surface area contributed by atoms with Crippen molar-refractivity contribution in [2.45, 2.75) is 25.0 Å². The van der Waals surface area contributed by atoms with Crippen LogP contribution in [0.4, 0.5) is 0 Å². The van der Waals surface area contributed by atoms with Gasteiger partial charge in [-0.2, -0.15) is 11.8 Å². The van der Waals surface area contributed by atoms with E-state index >= 15 is 0 Å². The number of carbonyl (C=O) groups is 1. The predicted octanol–water partition coefficient (Wildman–Crippen LogP) is 3.79. The maximum atomic E-state index is 12.0. The van der Waals surface area contributed by atoms with E-state index in [4.69, 9.17) is 11.6 Å². The summed E-state index contributed by atoms with van der Waals surface area (Å²) in [6.07, 6.45) is 2.17. The SMILES string of the molecule is Cc1csc(C(=O)C2CCCS2)c1Cl. The summed E-state index contributed by atoms with van der Waals surface area (Å²) in [5.74, 6) is 1.34. The molecule has 0 saturated carbocycles. The van der Waals surface area contributed by atoms with Crippen LogP contribution in [-0.4, -0.2) is 16.8 Å². The minimum atomic E-state index is 0.158. The van der Waals surface area contributed by atoms with Crippen LogP contribution in [0.15, 0.2) is 5.38 Å². The van der Waals surface area contributed by atoms with Crippen molar-refractivity contribution in [1.82, 2.24) is 0 Å². The molecular formula is C10H11ClOS2. The third-order valence-corrected chi connectivity index (χ3v) is 5.43. The molecule has 1 saturated heterocycles. The number of thioether (sulfide) groups is 1. The normalized spacial score (nSPS) is 21.4. The van der Waals surface area contributed by atoms with E-state index in [1.54, 1.807) is 11.8 Å². The van der Waals surface area contributed by atoms with Crippen LogP contribution >= 0.6 is 34.7 Å². The molecule has 1 atom stereocenters. The van der Waals surface area contributed by atoms with Gasteiger partial charge in [-0.25, -0.2) is 0 Å². The van der Waals surface area contributed by atoms with Crippen LogP contribution in [0.2, 0.25) is 5.02 Å². The highest BCUT2D eigenvalue weighted by atomic mass is 35.5. The molecule has 76 valence electrons. The Morgan fingerprint density at radius 1 is 1.64 bits per heavy atom. The summed E-state index contributed by atoms with van der Waals surface area (Å²) in [5.41, 5.74) is 1.02. The summed E-state index contributed by atoms with van der Waals surface area (Å²) < 4.78 is 0. The first kappa shape index (κ1) is 10.5. The lowest BCUT2D eigenvalue weighted by Crippen LogP contribution is -2.12. The third kappa shape index (κ3) is 1.86. The fraction of sp³-hybridized carbons (Fsp3) is 0.500. The minimum Gasteiger partial charge on any atom is -0.292 e. The molecule has 2 heterocycles. The number of hydrogen-bond acceptors (Lipinski definition) is 3. The molecule has 1 fully saturated rings. The topological polar surface area (TPSA) is 17.1 Å². The Morgan fingerprint density at radius 2 is 2.43 bits per heavy atom. The Bertz CT molecular complexity index is 353. The van der Waals surface area contributed by atoms with Gasteiger partial charge in [-0.3, -0.25) is 4.79 Å². The predicted molar refractivity (Wildman–Crippen MR) is 63.9 cm³/mol. The van der Waals surface area contributed by atoms with Crippen LogP contribution in [0.3, 0.4) is 0 Å². The average Bonchev–Trinajstić information content (AvgIpc) is 2.77. The van der Waals surface area contributed by atoms with E-state index in [1.807, 2.05) is 12.3 Å². The van der Waals surface area contributed by atoms with Crippen molar-refractivity contribution in [3.8, 4) is 0 Å². The number of rotatable bonds is 2. The van der Waals surface area contributed by atoms with Crippen LogP contribution < -0.4 is 0 Å². The Kier molecular flexibility index (Phi) is 3.20. The second-order valence-corrected chi connectivity index (χ2v) is 6.00. The lowest BCUT2D eigenvalue weighted by atomic mass is 10.1. The van der Waals surface area contributed by atoms with E-state index in [1.165, 1.54) is 11.3 Å². The molecule has 1 aromatic heterocycles. The van der Waals surface area contributed by atoms with Gasteiger partial charge in [0.15, 0.2) is 5.78 Å². The Hall–Kier alpha value is 0.01000. The fourth-order valence-electron chi connectivity index (χ4n) is 1.53. The van der Waals surface area contributed by atoms with Gasteiger partial charge in [0.2, 0.25) is 0 Å². The van der Waals surface area contributed by atoms with Gasteiger partial charge in [-0.15, -0.1) is 11.3 Å². The molecule has 4 heteroatoms. The molecule has 0 N–H and O–H groups in total. The zero-order valence-corrected chi connectivity index (χ0v) is 10.3. The van der Waals surface area contributed by atoms with Crippen LogP contribution in [-0.2, 0) is 0 Å². The molecule has 0 aromatic carbocycles. The van der Waals surface area contributed by atoms with Crippen molar-refractivity contribution in [3.05, 3.63) is 20.8 Å². The van der Waals surface area contributed by atoms with Gasteiger partial charge in [-0.1, -0.05) is 11.6 Å². The number of Topliss-reactive ketones (excluding diaryl/α,β-unsaturated/α-hetero) is 1. The molecule has 1 aromatic rings. The van der Waals surface area contributed by atoms with Crippen LogP contribution in [0.5, 0.6) is 0 Å². The molecule has 1 nitrogen and oxygen atoms in total. The summed E-state index contributed by atoms with van der Waals surface area (Å²) in [7, 11) is 0. The number of halogens is 1. The first-order chi connectivity index (χ1) is 6.70. The summed E-state index contributed by atoms with van der Waals surface area (Å²) >= 11 is 9.30. The Morgan fingerprint density at radius 3 is 2.93 bits per heavy atom. The van der Waals surface area contributed by atoms with Gasteiger partial charge in [0.1, 0.15) is 0 Å². The van der Waals surface area contributed by atoms with Crippen molar-refractivity contribution in [2.24, 2.45) is 0 Å². The molecule has 0 bridgehead atoms. The van der Waals surface area contributed by atoms with Gasteiger partial charge < -0.3 is 0 Å². The first-order valence-corrected chi connectivity index (χ1v) is 6.90. The van der Waals surface area contributed by atoms with Crippen molar-refractivity contribution >= 4 is 40.5 Å². The zero-order chi connectivity index (χ0) is 10.1. The fourth-order valence-corrected chi connectivity index (χ4v) is 4.10. The first-order valence-electron chi connectivity index (χ1n) is 4.59. The van der Waals surface area contributed by atoms with E-state index in [0.717, 1.165) is 29.0 Å². The lowest BCUT2D eigenvalue weighted by molar-refractivity contribution is 0.0992. The molecule has 0 radical (unpaired) electrons. The second kappa shape index (κ2) is 4.25. The number of ketones is 1. The third-order valence-electron chi connectivity index (χ3n) is 2.35. The van der Waals surface area contributed by atoms with Gasteiger partial charge in [0, 0.05) is 0 Å². The van der Waals surface area contributed by atoms with Crippen molar-refractivity contribution in [3.63, 3.8) is 0 Å². The Balaban J connectivity index is 2.22. The summed E-state index contributed by atoms with van der Waals surface area (Å²) in [4.78, 5) is 12.7. The molecule has 0 spiro atoms. The average molecular weight is 247 g/mol. The highest BCUT2D eigenvalue weighted by Crippen LogP contribution is 2.34. The van der Waals surface area contributed by atoms with Crippen molar-refractivity contribution in [2.75, 3.05) is 5.75 Å². The van der Waals surface area contributed by atoms with Crippen LogP contribution in [0.1, 0.15) is 28.1 Å². The molecule has 1 aliphatic heterocycles. The lowest BCUT2D eigenvalue weighted by Gasteiger charge is -2.05. The maximum absolute atomic E-state index is 12.0. The molecule has 1 aliphatic rings. The molecule has 2 rings (SSSR count). The number of hydrogen-bond donors (Lipinski definition) is 0. The van der Waals surface area contributed by atoms with Gasteiger partial charge >= 0.3 is 0 Å².